The van der Waals surface area contributed by atoms with Crippen LogP contribution in [0.5, 0.6) is 0 Å². The Balaban J connectivity index is 1.70. The van der Waals surface area contributed by atoms with Crippen LogP contribution in [0.25, 0.3) is 0 Å². The molecule has 5 nitrogen and oxygen atoms in total. The molecule has 1 aliphatic heterocycles. The van der Waals surface area contributed by atoms with Gasteiger partial charge in [0.1, 0.15) is 18.2 Å². The second-order valence-electron chi connectivity index (χ2n) is 6.73. The van der Waals surface area contributed by atoms with Crippen molar-refractivity contribution in [1.29, 1.82) is 0 Å². The van der Waals surface area contributed by atoms with Gasteiger partial charge in [0.2, 0.25) is 5.91 Å². The van der Waals surface area contributed by atoms with Gasteiger partial charge in [0.05, 0.1) is 12.3 Å². The summed E-state index contributed by atoms with van der Waals surface area (Å²) in [5, 5.41) is 4.17. The van der Waals surface area contributed by atoms with E-state index in [1.54, 1.807) is 0 Å². The maximum Gasteiger partial charge on any atom is 0.248 e. The molecule has 0 aliphatic carbocycles. The lowest BCUT2D eigenvalue weighted by molar-refractivity contribution is -0.137. The number of nitrogens with zero attached hydrogens (tertiary/aromatic N) is 2. The van der Waals surface area contributed by atoms with E-state index in [1.807, 2.05) is 31.2 Å². The van der Waals surface area contributed by atoms with Gasteiger partial charge in [-0.2, -0.15) is 0 Å². The van der Waals surface area contributed by atoms with Crippen LogP contribution >= 0.6 is 0 Å². The first kappa shape index (κ1) is 19.9. The average Bonchev–Trinajstić information content (AvgIpc) is 3.12. The molecule has 1 atom stereocenters. The van der Waals surface area contributed by atoms with Crippen LogP contribution in [0.4, 0.5) is 8.78 Å². The molecule has 1 aliphatic rings. The van der Waals surface area contributed by atoms with Crippen molar-refractivity contribution in [3.63, 3.8) is 0 Å². The molecule has 0 radical (unpaired) electrons. The van der Waals surface area contributed by atoms with Crippen molar-refractivity contribution >= 4 is 11.6 Å². The topological polar surface area (TPSA) is 51.1 Å². The van der Waals surface area contributed by atoms with Gasteiger partial charge in [-0.15, -0.1) is 0 Å². The summed E-state index contributed by atoms with van der Waals surface area (Å²) in [6.45, 7) is 2.07. The Kier molecular flexibility index (Phi) is 6.36. The highest BCUT2D eigenvalue weighted by atomic mass is 19.1. The van der Waals surface area contributed by atoms with Gasteiger partial charge < -0.3 is 14.5 Å². The van der Waals surface area contributed by atoms with E-state index in [1.165, 1.54) is 24.1 Å². The van der Waals surface area contributed by atoms with Gasteiger partial charge in [-0.05, 0) is 18.6 Å². The van der Waals surface area contributed by atoms with Crippen LogP contribution in [0.1, 0.15) is 23.1 Å². The monoisotopic (exact) mass is 388 g/mol. The van der Waals surface area contributed by atoms with E-state index >= 15 is 0 Å². The zero-order chi connectivity index (χ0) is 20.1. The predicted molar refractivity (Wildman–Crippen MR) is 101 cm³/mol. The molecule has 0 saturated heterocycles. The normalized spacial score (nSPS) is 15.9. The van der Waals surface area contributed by atoms with Crippen molar-refractivity contribution < 1.29 is 23.1 Å². The van der Waals surface area contributed by atoms with Crippen molar-refractivity contribution in [1.82, 2.24) is 4.90 Å². The minimum absolute atomic E-state index is 0.00609. The number of hydrogen-bond acceptors (Lipinski definition) is 4. The second kappa shape index (κ2) is 8.93. The number of methoxy groups -OCH3 is 1. The molecule has 1 amide bonds. The Morgan fingerprint density at radius 2 is 2.07 bits per heavy atom. The molecular weight excluding hydrogens is 366 g/mol. The fraction of sp³-hybridized carbons (Fsp3) is 0.333. The number of hydrogen-bond donors (Lipinski definition) is 0. The Morgan fingerprint density at radius 3 is 2.79 bits per heavy atom. The van der Waals surface area contributed by atoms with Crippen LogP contribution in [-0.2, 0) is 20.9 Å². The molecule has 3 rings (SSSR count). The fourth-order valence-corrected chi connectivity index (χ4v) is 3.15. The number of amides is 1. The predicted octanol–water partition coefficient (Wildman–Crippen LogP) is 3.44. The van der Waals surface area contributed by atoms with E-state index in [-0.39, 0.29) is 37.3 Å². The molecule has 7 heteroatoms. The summed E-state index contributed by atoms with van der Waals surface area (Å²) >= 11 is 0. The molecule has 28 heavy (non-hydrogen) atoms. The van der Waals surface area contributed by atoms with Crippen LogP contribution in [0, 0.1) is 18.6 Å². The number of benzene rings is 2. The van der Waals surface area contributed by atoms with E-state index in [0.717, 1.165) is 22.9 Å². The van der Waals surface area contributed by atoms with E-state index in [9.17, 15) is 13.6 Å². The van der Waals surface area contributed by atoms with Gasteiger partial charge in [0, 0.05) is 37.3 Å². The van der Waals surface area contributed by atoms with E-state index in [2.05, 4.69) is 5.16 Å². The third-order valence-electron chi connectivity index (χ3n) is 4.61. The van der Waals surface area contributed by atoms with Gasteiger partial charge in [-0.3, -0.25) is 4.79 Å². The maximum absolute atomic E-state index is 14.0. The summed E-state index contributed by atoms with van der Waals surface area (Å²) in [6.07, 6.45) is 0.187. The summed E-state index contributed by atoms with van der Waals surface area (Å²) in [6, 6.07) is 11.2. The number of rotatable bonds is 7. The highest BCUT2D eigenvalue weighted by Crippen LogP contribution is 2.21. The van der Waals surface area contributed by atoms with E-state index in [4.69, 9.17) is 9.57 Å². The standard InChI is InChI=1S/C21H22F2N2O3/c1-14-5-3-4-6-18(14)20-10-17(28-24-20)12-25(21(26)13-27-2)11-15-7-8-16(22)9-19(15)23/h3-9,17H,10-13H2,1-2H3/t17-/m0/s1. The Bertz CT molecular complexity index is 886. The van der Waals surface area contributed by atoms with Gasteiger partial charge in [0.25, 0.3) is 0 Å². The number of oxime groups is 1. The smallest absolute Gasteiger partial charge is 0.248 e. The van der Waals surface area contributed by atoms with Crippen molar-refractivity contribution in [2.75, 3.05) is 20.3 Å². The molecule has 0 spiro atoms. The van der Waals surface area contributed by atoms with Crippen molar-refractivity contribution in [2.24, 2.45) is 5.16 Å². The molecule has 2 aromatic carbocycles. The number of aryl methyl sites for hydroxylation is 1. The highest BCUT2D eigenvalue weighted by molar-refractivity contribution is 6.02. The number of carbonyl (C=O) groups excluding carboxylic acids is 1. The zero-order valence-electron chi connectivity index (χ0n) is 15.8. The molecule has 0 fully saturated rings. The lowest BCUT2D eigenvalue weighted by Crippen LogP contribution is -2.39. The maximum atomic E-state index is 14.0. The number of halogens is 2. The second-order valence-corrected chi connectivity index (χ2v) is 6.73. The molecule has 0 aromatic heterocycles. The minimum atomic E-state index is -0.695. The summed E-state index contributed by atoms with van der Waals surface area (Å²) in [7, 11) is 1.42. The van der Waals surface area contributed by atoms with Crippen LogP contribution in [0.15, 0.2) is 47.6 Å². The number of ether oxygens (including phenoxy) is 1. The fourth-order valence-electron chi connectivity index (χ4n) is 3.15. The highest BCUT2D eigenvalue weighted by Gasteiger charge is 2.27. The number of carbonyl (C=O) groups is 1. The molecule has 0 N–H and O–H groups in total. The molecule has 1 heterocycles. The molecule has 0 bridgehead atoms. The SMILES string of the molecule is COCC(=O)N(Cc1ccc(F)cc1F)C[C@@H]1CC(c2ccccc2C)=NO1. The average molecular weight is 388 g/mol. The molecule has 0 saturated carbocycles. The van der Waals surface area contributed by atoms with Gasteiger partial charge in [0.15, 0.2) is 6.10 Å². The summed E-state index contributed by atoms with van der Waals surface area (Å²) < 4.78 is 32.1. The summed E-state index contributed by atoms with van der Waals surface area (Å²) in [4.78, 5) is 19.4. The van der Waals surface area contributed by atoms with Gasteiger partial charge in [-0.1, -0.05) is 35.5 Å². The zero-order valence-corrected chi connectivity index (χ0v) is 15.8. The largest absolute Gasteiger partial charge is 0.390 e. The molecule has 0 unspecified atom stereocenters. The molecule has 2 aromatic rings. The third kappa shape index (κ3) is 4.72. The molecule has 148 valence electrons. The van der Waals surface area contributed by atoms with E-state index < -0.39 is 11.6 Å². The first-order valence-electron chi connectivity index (χ1n) is 8.97. The van der Waals surface area contributed by atoms with Crippen molar-refractivity contribution in [3.05, 3.63) is 70.8 Å². The van der Waals surface area contributed by atoms with Gasteiger partial charge >= 0.3 is 0 Å². The lowest BCUT2D eigenvalue weighted by Gasteiger charge is -2.25. The third-order valence-corrected chi connectivity index (χ3v) is 4.61. The van der Waals surface area contributed by atoms with Gasteiger partial charge in [-0.25, -0.2) is 8.78 Å². The van der Waals surface area contributed by atoms with Crippen molar-refractivity contribution in [2.45, 2.75) is 26.0 Å². The Hall–Kier alpha value is -2.80. The Morgan fingerprint density at radius 1 is 1.29 bits per heavy atom. The van der Waals surface area contributed by atoms with Crippen molar-refractivity contribution in [3.8, 4) is 0 Å². The van der Waals surface area contributed by atoms with Crippen LogP contribution in [0.3, 0.4) is 0 Å². The van der Waals surface area contributed by atoms with Crippen LogP contribution in [-0.4, -0.2) is 42.9 Å². The first-order valence-corrected chi connectivity index (χ1v) is 8.97. The molecular formula is C21H22F2N2O3. The minimum Gasteiger partial charge on any atom is -0.390 e. The van der Waals surface area contributed by atoms with E-state index in [0.29, 0.717) is 6.42 Å². The van der Waals surface area contributed by atoms with Crippen LogP contribution < -0.4 is 0 Å². The summed E-state index contributed by atoms with van der Waals surface area (Å²) in [5.74, 6) is -1.66. The quantitative estimate of drug-likeness (QED) is 0.730. The summed E-state index contributed by atoms with van der Waals surface area (Å²) in [5.41, 5.74) is 3.13. The van der Waals surface area contributed by atoms with Crippen LogP contribution in [0.2, 0.25) is 0 Å². The Labute approximate surface area is 162 Å². The lowest BCUT2D eigenvalue weighted by atomic mass is 10.00. The first-order chi connectivity index (χ1) is 13.5.